The largest absolute Gasteiger partial charge is 0.428 e. The summed E-state index contributed by atoms with van der Waals surface area (Å²) in [5, 5.41) is 0. The van der Waals surface area contributed by atoms with E-state index in [1.807, 2.05) is 49.2 Å². The molecule has 1 aromatic heterocycles. The molecule has 0 unspecified atom stereocenters. The second-order valence-corrected chi connectivity index (χ2v) is 8.21. The molecule has 3 aromatic rings. The zero-order valence-electron chi connectivity index (χ0n) is 18.8. The molecular weight excluding hydrogens is 388 g/mol. The van der Waals surface area contributed by atoms with E-state index < -0.39 is 0 Å². The van der Waals surface area contributed by atoms with Crippen LogP contribution in [0.2, 0.25) is 0 Å². The van der Waals surface area contributed by atoms with Crippen LogP contribution >= 0.6 is 0 Å². The lowest BCUT2D eigenvalue weighted by molar-refractivity contribution is -0.130. The van der Waals surface area contributed by atoms with Crippen molar-refractivity contribution in [3.05, 3.63) is 65.4 Å². The van der Waals surface area contributed by atoms with E-state index in [2.05, 4.69) is 41.9 Å². The number of hydrogen-bond donors (Lipinski definition) is 0. The SMILES string of the molecule is Cc1cccc(N2CCN(C(=O)CN(C)c3nc(-c4ccccc4)c(C)o3)CC2)c1C. The van der Waals surface area contributed by atoms with E-state index in [0.29, 0.717) is 6.01 Å². The number of aromatic nitrogens is 1. The van der Waals surface area contributed by atoms with Gasteiger partial charge in [-0.15, -0.1) is 0 Å². The lowest BCUT2D eigenvalue weighted by atomic mass is 10.1. The standard InChI is InChI=1S/C25H30N4O2/c1-18-9-8-12-22(19(18)2)28-13-15-29(16-14-28)23(30)17-27(4)25-26-24(20(3)31-25)21-10-6-5-7-11-21/h5-12H,13-17H2,1-4H3. The number of benzene rings is 2. The number of nitrogens with zero attached hydrogens (tertiary/aromatic N) is 4. The summed E-state index contributed by atoms with van der Waals surface area (Å²) in [6.45, 7) is 9.59. The van der Waals surface area contributed by atoms with Gasteiger partial charge >= 0.3 is 0 Å². The molecular formula is C25H30N4O2. The Kier molecular flexibility index (Phi) is 5.98. The van der Waals surface area contributed by atoms with Crippen molar-refractivity contribution in [1.29, 1.82) is 0 Å². The number of hydrogen-bond acceptors (Lipinski definition) is 5. The van der Waals surface area contributed by atoms with Gasteiger partial charge in [0.1, 0.15) is 18.0 Å². The summed E-state index contributed by atoms with van der Waals surface area (Å²) < 4.78 is 5.85. The minimum Gasteiger partial charge on any atom is -0.428 e. The number of anilines is 2. The van der Waals surface area contributed by atoms with Crippen molar-refractivity contribution in [1.82, 2.24) is 9.88 Å². The average Bonchev–Trinajstić information content (AvgIpc) is 3.18. The molecule has 1 aliphatic heterocycles. The van der Waals surface area contributed by atoms with Gasteiger partial charge in [0.2, 0.25) is 5.91 Å². The summed E-state index contributed by atoms with van der Waals surface area (Å²) in [5.74, 6) is 0.850. The minimum atomic E-state index is 0.0974. The topological polar surface area (TPSA) is 52.8 Å². The zero-order valence-corrected chi connectivity index (χ0v) is 18.8. The maximum atomic E-state index is 12.9. The predicted molar refractivity (Wildman–Crippen MR) is 125 cm³/mol. The van der Waals surface area contributed by atoms with Crippen LogP contribution in [0.15, 0.2) is 52.9 Å². The third-order valence-electron chi connectivity index (χ3n) is 6.08. The minimum absolute atomic E-state index is 0.0974. The van der Waals surface area contributed by atoms with Crippen molar-refractivity contribution in [2.24, 2.45) is 0 Å². The van der Waals surface area contributed by atoms with Gasteiger partial charge in [-0.1, -0.05) is 42.5 Å². The Bertz CT molecular complexity index is 1050. The van der Waals surface area contributed by atoms with Crippen molar-refractivity contribution in [3.8, 4) is 11.3 Å². The molecule has 1 aliphatic rings. The summed E-state index contributed by atoms with van der Waals surface area (Å²) in [6.07, 6.45) is 0. The molecule has 4 rings (SSSR count). The molecule has 2 aromatic carbocycles. The van der Waals surface area contributed by atoms with Gasteiger partial charge in [-0.3, -0.25) is 4.79 Å². The normalized spacial score (nSPS) is 14.1. The van der Waals surface area contributed by atoms with Gasteiger partial charge < -0.3 is 19.1 Å². The van der Waals surface area contributed by atoms with Crippen LogP contribution in [0.3, 0.4) is 0 Å². The van der Waals surface area contributed by atoms with Crippen LogP contribution in [-0.4, -0.2) is 55.6 Å². The van der Waals surface area contributed by atoms with E-state index >= 15 is 0 Å². The van der Waals surface area contributed by atoms with Gasteiger partial charge in [0, 0.05) is 44.5 Å². The second-order valence-electron chi connectivity index (χ2n) is 8.21. The third kappa shape index (κ3) is 4.43. The number of aryl methyl sites for hydroxylation is 2. The fraction of sp³-hybridized carbons (Fsp3) is 0.360. The smallest absolute Gasteiger partial charge is 0.298 e. The molecule has 0 spiro atoms. The van der Waals surface area contributed by atoms with Gasteiger partial charge in [0.15, 0.2) is 0 Å². The predicted octanol–water partition coefficient (Wildman–Crippen LogP) is 4.05. The molecule has 1 amide bonds. The van der Waals surface area contributed by atoms with Crippen LogP contribution in [0.25, 0.3) is 11.3 Å². The lowest BCUT2D eigenvalue weighted by Crippen LogP contribution is -2.51. The Morgan fingerprint density at radius 2 is 1.71 bits per heavy atom. The molecule has 6 nitrogen and oxygen atoms in total. The summed E-state index contributed by atoms with van der Waals surface area (Å²) in [7, 11) is 1.85. The molecule has 0 aliphatic carbocycles. The Morgan fingerprint density at radius 1 is 1.00 bits per heavy atom. The Balaban J connectivity index is 1.37. The molecule has 0 saturated carbocycles. The van der Waals surface area contributed by atoms with E-state index in [9.17, 15) is 4.79 Å². The molecule has 1 saturated heterocycles. The fourth-order valence-corrected chi connectivity index (χ4v) is 4.06. The van der Waals surface area contributed by atoms with Crippen molar-refractivity contribution >= 4 is 17.6 Å². The Labute approximate surface area is 184 Å². The van der Waals surface area contributed by atoms with Crippen molar-refractivity contribution in [3.63, 3.8) is 0 Å². The van der Waals surface area contributed by atoms with Crippen molar-refractivity contribution < 1.29 is 9.21 Å². The molecule has 0 radical (unpaired) electrons. The maximum Gasteiger partial charge on any atom is 0.298 e. The number of amides is 1. The van der Waals surface area contributed by atoms with Gasteiger partial charge in [0.05, 0.1) is 0 Å². The highest BCUT2D eigenvalue weighted by Crippen LogP contribution is 2.27. The van der Waals surface area contributed by atoms with Crippen molar-refractivity contribution in [2.75, 3.05) is 49.6 Å². The van der Waals surface area contributed by atoms with Gasteiger partial charge in [-0.25, -0.2) is 0 Å². The first kappa shape index (κ1) is 21.0. The number of carbonyl (C=O) groups is 1. The number of oxazole rings is 1. The summed E-state index contributed by atoms with van der Waals surface area (Å²) in [4.78, 5) is 23.6. The first-order chi connectivity index (χ1) is 14.9. The molecule has 0 atom stereocenters. The van der Waals surface area contributed by atoms with Crippen LogP contribution in [0.5, 0.6) is 0 Å². The Hall–Kier alpha value is -3.28. The molecule has 2 heterocycles. The highest BCUT2D eigenvalue weighted by Gasteiger charge is 2.24. The second kappa shape index (κ2) is 8.84. The molecule has 0 bridgehead atoms. The van der Waals surface area contributed by atoms with Gasteiger partial charge in [-0.2, -0.15) is 4.98 Å². The summed E-state index contributed by atoms with van der Waals surface area (Å²) in [6, 6.07) is 16.8. The molecule has 162 valence electrons. The first-order valence-corrected chi connectivity index (χ1v) is 10.8. The molecule has 1 fully saturated rings. The van der Waals surface area contributed by atoms with E-state index in [-0.39, 0.29) is 12.5 Å². The first-order valence-electron chi connectivity index (χ1n) is 10.8. The third-order valence-corrected chi connectivity index (χ3v) is 6.08. The van der Waals surface area contributed by atoms with Crippen LogP contribution in [-0.2, 0) is 4.79 Å². The fourth-order valence-electron chi connectivity index (χ4n) is 4.06. The zero-order chi connectivity index (χ0) is 22.0. The number of likely N-dealkylation sites (N-methyl/N-ethyl adjacent to an activating group) is 1. The highest BCUT2D eigenvalue weighted by molar-refractivity contribution is 5.81. The van der Waals surface area contributed by atoms with Crippen LogP contribution in [0.4, 0.5) is 11.7 Å². The van der Waals surface area contributed by atoms with E-state index in [1.165, 1.54) is 16.8 Å². The lowest BCUT2D eigenvalue weighted by Gasteiger charge is -2.37. The quantitative estimate of drug-likeness (QED) is 0.626. The van der Waals surface area contributed by atoms with E-state index in [4.69, 9.17) is 4.42 Å². The number of rotatable bonds is 5. The summed E-state index contributed by atoms with van der Waals surface area (Å²) in [5.41, 5.74) is 5.71. The Morgan fingerprint density at radius 3 is 2.42 bits per heavy atom. The number of carbonyl (C=O) groups excluding carboxylic acids is 1. The van der Waals surface area contributed by atoms with Gasteiger partial charge in [0.25, 0.3) is 6.01 Å². The monoisotopic (exact) mass is 418 g/mol. The molecule has 31 heavy (non-hydrogen) atoms. The molecule has 6 heteroatoms. The number of piperazine rings is 1. The highest BCUT2D eigenvalue weighted by atomic mass is 16.4. The van der Waals surface area contributed by atoms with E-state index in [1.54, 1.807) is 4.90 Å². The average molecular weight is 419 g/mol. The van der Waals surface area contributed by atoms with Crippen molar-refractivity contribution in [2.45, 2.75) is 20.8 Å². The maximum absolute atomic E-state index is 12.9. The van der Waals surface area contributed by atoms with Crippen LogP contribution in [0, 0.1) is 20.8 Å². The molecule has 0 N–H and O–H groups in total. The van der Waals surface area contributed by atoms with E-state index in [0.717, 1.165) is 43.2 Å². The van der Waals surface area contributed by atoms with Gasteiger partial charge in [-0.05, 0) is 38.0 Å². The summed E-state index contributed by atoms with van der Waals surface area (Å²) >= 11 is 0. The van der Waals surface area contributed by atoms with Crippen LogP contribution in [0.1, 0.15) is 16.9 Å². The van der Waals surface area contributed by atoms with Crippen LogP contribution < -0.4 is 9.80 Å².